The van der Waals surface area contributed by atoms with Crippen LogP contribution < -0.4 is 5.43 Å². The number of hydrogen-bond donors (Lipinski definition) is 1. The maximum absolute atomic E-state index is 12.0. The molecule has 104 valence electrons. The van der Waals surface area contributed by atoms with Crippen molar-refractivity contribution < 1.29 is 9.59 Å². The molecular weight excluding hydrogens is 246 g/mol. The van der Waals surface area contributed by atoms with Crippen molar-refractivity contribution in [3.05, 3.63) is 34.2 Å². The predicted octanol–water partition coefficient (Wildman–Crippen LogP) is 0.315. The number of nitrogens with one attached hydrogen (secondary N) is 1. The van der Waals surface area contributed by atoms with Crippen LogP contribution >= 0.6 is 0 Å². The molecule has 0 aromatic carbocycles. The number of aromatic amines is 1. The van der Waals surface area contributed by atoms with Gasteiger partial charge >= 0.3 is 0 Å². The van der Waals surface area contributed by atoms with Crippen molar-refractivity contribution in [2.75, 3.05) is 26.7 Å². The van der Waals surface area contributed by atoms with Crippen LogP contribution in [0.1, 0.15) is 24.2 Å². The first-order chi connectivity index (χ1) is 9.01. The molecule has 2 amide bonds. The van der Waals surface area contributed by atoms with Crippen LogP contribution in [0.4, 0.5) is 0 Å². The Morgan fingerprint density at radius 3 is 2.42 bits per heavy atom. The summed E-state index contributed by atoms with van der Waals surface area (Å²) in [5.41, 5.74) is -0.316. The molecule has 0 radical (unpaired) electrons. The molecule has 1 N–H and O–H groups in total. The van der Waals surface area contributed by atoms with Crippen molar-refractivity contribution in [2.24, 2.45) is 0 Å². The van der Waals surface area contributed by atoms with Gasteiger partial charge in [-0.15, -0.1) is 0 Å². The Morgan fingerprint density at radius 2 is 1.89 bits per heavy atom. The molecule has 0 unspecified atom stereocenters. The highest BCUT2D eigenvalue weighted by Gasteiger charge is 2.19. The minimum Gasteiger partial charge on any atom is -0.367 e. The molecule has 1 heterocycles. The molecule has 0 bridgehead atoms. The van der Waals surface area contributed by atoms with Gasteiger partial charge in [-0.05, 0) is 13.8 Å². The van der Waals surface area contributed by atoms with E-state index in [1.165, 1.54) is 30.4 Å². The lowest BCUT2D eigenvalue weighted by Gasteiger charge is -2.23. The average Bonchev–Trinajstić information content (AvgIpc) is 2.39. The van der Waals surface area contributed by atoms with Gasteiger partial charge in [0.05, 0.1) is 6.54 Å². The molecule has 19 heavy (non-hydrogen) atoms. The molecule has 0 aliphatic heterocycles. The fourth-order valence-corrected chi connectivity index (χ4v) is 1.74. The van der Waals surface area contributed by atoms with Crippen LogP contribution in [0.5, 0.6) is 0 Å². The van der Waals surface area contributed by atoms with E-state index in [4.69, 9.17) is 0 Å². The van der Waals surface area contributed by atoms with Crippen LogP contribution in [-0.4, -0.2) is 53.3 Å². The van der Waals surface area contributed by atoms with E-state index in [-0.39, 0.29) is 23.4 Å². The third-order valence-electron chi connectivity index (χ3n) is 2.89. The first-order valence-electron chi connectivity index (χ1n) is 6.21. The molecular formula is C13H19N3O3. The lowest BCUT2D eigenvalue weighted by Crippen LogP contribution is -2.41. The monoisotopic (exact) mass is 265 g/mol. The first kappa shape index (κ1) is 14.9. The second-order valence-corrected chi connectivity index (χ2v) is 4.15. The maximum Gasteiger partial charge on any atom is 0.259 e. The maximum atomic E-state index is 12.0. The molecule has 1 aromatic heterocycles. The van der Waals surface area contributed by atoms with Crippen molar-refractivity contribution in [3.63, 3.8) is 0 Å². The minimum absolute atomic E-state index is 0.0329. The second-order valence-electron chi connectivity index (χ2n) is 4.15. The number of hydrogen-bond acceptors (Lipinski definition) is 3. The SMILES string of the molecule is CCN(CC)C(=O)CN(C)C(=O)c1c[nH]ccc1=O. The molecule has 0 atom stereocenters. The number of carbonyl (C=O) groups excluding carboxylic acids is 2. The van der Waals surface area contributed by atoms with E-state index < -0.39 is 5.91 Å². The number of rotatable bonds is 5. The topological polar surface area (TPSA) is 73.5 Å². The van der Waals surface area contributed by atoms with Gasteiger partial charge < -0.3 is 14.8 Å². The van der Waals surface area contributed by atoms with Gasteiger partial charge in [0.2, 0.25) is 5.91 Å². The zero-order valence-electron chi connectivity index (χ0n) is 11.5. The molecule has 0 saturated carbocycles. The third kappa shape index (κ3) is 3.67. The van der Waals surface area contributed by atoms with E-state index >= 15 is 0 Å². The van der Waals surface area contributed by atoms with Gasteiger partial charge in [-0.25, -0.2) is 0 Å². The molecule has 0 saturated heterocycles. The van der Waals surface area contributed by atoms with Crippen molar-refractivity contribution in [1.82, 2.24) is 14.8 Å². The van der Waals surface area contributed by atoms with Crippen LogP contribution in [0, 0.1) is 0 Å². The minimum atomic E-state index is -0.456. The summed E-state index contributed by atoms with van der Waals surface area (Å²) in [5, 5.41) is 0. The molecule has 0 aliphatic rings. The quantitative estimate of drug-likeness (QED) is 0.833. The average molecular weight is 265 g/mol. The number of amides is 2. The number of nitrogens with zero attached hydrogens (tertiary/aromatic N) is 2. The smallest absolute Gasteiger partial charge is 0.259 e. The standard InChI is InChI=1S/C13H19N3O3/c1-4-16(5-2)12(18)9-15(3)13(19)10-8-14-7-6-11(10)17/h6-8H,4-5,9H2,1-3H3,(H,14,17). The molecule has 0 fully saturated rings. The Hall–Kier alpha value is -2.11. The van der Waals surface area contributed by atoms with E-state index in [9.17, 15) is 14.4 Å². The highest BCUT2D eigenvalue weighted by molar-refractivity contribution is 5.95. The molecule has 1 aromatic rings. The van der Waals surface area contributed by atoms with Crippen LogP contribution in [0.2, 0.25) is 0 Å². The number of likely N-dealkylation sites (N-methyl/N-ethyl adjacent to an activating group) is 2. The Labute approximate surface area is 112 Å². The van der Waals surface area contributed by atoms with Gasteiger partial charge in [-0.3, -0.25) is 14.4 Å². The summed E-state index contributed by atoms with van der Waals surface area (Å²) < 4.78 is 0. The number of pyridine rings is 1. The number of H-pyrrole nitrogens is 1. The predicted molar refractivity (Wildman–Crippen MR) is 72.0 cm³/mol. The van der Waals surface area contributed by atoms with Crippen LogP contribution in [-0.2, 0) is 4.79 Å². The molecule has 0 spiro atoms. The highest BCUT2D eigenvalue weighted by atomic mass is 16.2. The Morgan fingerprint density at radius 1 is 1.26 bits per heavy atom. The van der Waals surface area contributed by atoms with Crippen LogP contribution in [0.3, 0.4) is 0 Å². The molecule has 6 heteroatoms. The van der Waals surface area contributed by atoms with Gasteiger partial charge in [-0.2, -0.15) is 0 Å². The molecule has 1 rings (SSSR count). The lowest BCUT2D eigenvalue weighted by atomic mass is 10.2. The zero-order chi connectivity index (χ0) is 14.4. The summed E-state index contributed by atoms with van der Waals surface area (Å²) >= 11 is 0. The van der Waals surface area contributed by atoms with Gasteiger partial charge in [0.25, 0.3) is 5.91 Å². The molecule has 0 aliphatic carbocycles. The summed E-state index contributed by atoms with van der Waals surface area (Å²) in [4.78, 5) is 41.0. The van der Waals surface area contributed by atoms with Crippen molar-refractivity contribution in [1.29, 1.82) is 0 Å². The normalized spacial score (nSPS) is 10.1. The van der Waals surface area contributed by atoms with E-state index in [0.29, 0.717) is 13.1 Å². The van der Waals surface area contributed by atoms with E-state index in [0.717, 1.165) is 0 Å². The Bertz CT molecular complexity index is 506. The summed E-state index contributed by atoms with van der Waals surface area (Å²) in [6.07, 6.45) is 2.81. The lowest BCUT2D eigenvalue weighted by molar-refractivity contribution is -0.131. The summed E-state index contributed by atoms with van der Waals surface area (Å²) in [6.45, 7) is 4.93. The summed E-state index contributed by atoms with van der Waals surface area (Å²) in [6, 6.07) is 1.29. The summed E-state index contributed by atoms with van der Waals surface area (Å²) in [7, 11) is 1.51. The van der Waals surface area contributed by atoms with E-state index in [2.05, 4.69) is 4.98 Å². The first-order valence-corrected chi connectivity index (χ1v) is 6.21. The largest absolute Gasteiger partial charge is 0.367 e. The van der Waals surface area contributed by atoms with Crippen molar-refractivity contribution in [3.8, 4) is 0 Å². The van der Waals surface area contributed by atoms with Crippen molar-refractivity contribution in [2.45, 2.75) is 13.8 Å². The van der Waals surface area contributed by atoms with Gasteiger partial charge in [-0.1, -0.05) is 0 Å². The Balaban J connectivity index is 2.76. The number of aromatic nitrogens is 1. The Kier molecular flexibility index (Phi) is 5.29. The summed E-state index contributed by atoms with van der Waals surface area (Å²) in [5.74, 6) is -0.587. The highest BCUT2D eigenvalue weighted by Crippen LogP contribution is 1.98. The van der Waals surface area contributed by atoms with Crippen LogP contribution in [0.25, 0.3) is 0 Å². The van der Waals surface area contributed by atoms with E-state index in [1.54, 1.807) is 4.90 Å². The van der Waals surface area contributed by atoms with Crippen molar-refractivity contribution >= 4 is 11.8 Å². The fourth-order valence-electron chi connectivity index (χ4n) is 1.74. The zero-order valence-corrected chi connectivity index (χ0v) is 11.5. The number of carbonyl (C=O) groups is 2. The second kappa shape index (κ2) is 6.72. The van der Waals surface area contributed by atoms with Gasteiger partial charge in [0, 0.05) is 38.6 Å². The van der Waals surface area contributed by atoms with E-state index in [1.807, 2.05) is 13.8 Å². The van der Waals surface area contributed by atoms with Crippen LogP contribution in [0.15, 0.2) is 23.3 Å². The van der Waals surface area contributed by atoms with Gasteiger partial charge in [0.15, 0.2) is 5.43 Å². The third-order valence-corrected chi connectivity index (χ3v) is 2.89. The van der Waals surface area contributed by atoms with Gasteiger partial charge in [0.1, 0.15) is 5.56 Å². The molecule has 6 nitrogen and oxygen atoms in total. The fraction of sp³-hybridized carbons (Fsp3) is 0.462.